The Kier molecular flexibility index (Phi) is 4.03. The number of rotatable bonds is 0. The van der Waals surface area contributed by atoms with Gasteiger partial charge in [0.05, 0.1) is 0 Å². The first kappa shape index (κ1) is 10.9. The van der Waals surface area contributed by atoms with Gasteiger partial charge in [-0.1, -0.05) is 27.7 Å². The van der Waals surface area contributed by atoms with Crippen molar-refractivity contribution in [2.24, 2.45) is 0 Å². The van der Waals surface area contributed by atoms with Gasteiger partial charge in [-0.3, -0.25) is 0 Å². The van der Waals surface area contributed by atoms with Gasteiger partial charge in [0.2, 0.25) is 0 Å². The van der Waals surface area contributed by atoms with Crippen molar-refractivity contribution in [1.29, 1.82) is 0 Å². The molecule has 0 spiro atoms. The van der Waals surface area contributed by atoms with Gasteiger partial charge in [-0.2, -0.15) is 34.4 Å². The summed E-state index contributed by atoms with van der Waals surface area (Å²) in [4.78, 5) is 0. The average Bonchev–Trinajstić information content (AvgIpc) is 1.82. The quantitative estimate of drug-likeness (QED) is 0.646. The molecule has 0 unspecified atom stereocenters. The van der Waals surface area contributed by atoms with E-state index in [0.717, 1.165) is 0 Å². The van der Waals surface area contributed by atoms with Gasteiger partial charge in [0.15, 0.2) is 0 Å². The van der Waals surface area contributed by atoms with E-state index in [1.54, 1.807) is 0 Å². The number of hydrogen-bond acceptors (Lipinski definition) is 0. The molecule has 0 aliphatic heterocycles. The van der Waals surface area contributed by atoms with Crippen LogP contribution in [0.15, 0.2) is 6.07 Å². The van der Waals surface area contributed by atoms with Crippen LogP contribution in [0.25, 0.3) is 0 Å². The van der Waals surface area contributed by atoms with Crippen molar-refractivity contribution < 1.29 is 21.1 Å². The second kappa shape index (κ2) is 4.06. The summed E-state index contributed by atoms with van der Waals surface area (Å²) in [5, 5.41) is 0. The van der Waals surface area contributed by atoms with E-state index in [4.69, 9.17) is 0 Å². The molecule has 0 aliphatic carbocycles. The van der Waals surface area contributed by atoms with Gasteiger partial charge in [-0.05, 0) is 0 Å². The van der Waals surface area contributed by atoms with Crippen LogP contribution in [-0.4, -0.2) is 0 Å². The van der Waals surface area contributed by atoms with Crippen LogP contribution < -0.4 is 0 Å². The van der Waals surface area contributed by atoms with Crippen molar-refractivity contribution in [3.05, 3.63) is 34.4 Å². The maximum absolute atomic E-state index is 3.28. The summed E-state index contributed by atoms with van der Waals surface area (Å²) in [5.74, 6) is 0. The molecule has 0 radical (unpaired) electrons. The van der Waals surface area contributed by atoms with Crippen molar-refractivity contribution in [3.8, 4) is 0 Å². The first-order chi connectivity index (χ1) is 4.61. The fourth-order valence-corrected chi connectivity index (χ4v) is 1.15. The molecule has 1 aromatic rings. The minimum absolute atomic E-state index is 0. The normalized spacial score (nSPS) is 9.09. The molecular formula is C10H13W-. The second-order valence-corrected chi connectivity index (χ2v) is 2.89. The van der Waals surface area contributed by atoms with E-state index >= 15 is 0 Å². The molecular weight excluding hydrogens is 304 g/mol. The molecule has 0 fully saturated rings. The molecule has 1 rings (SSSR count). The zero-order chi connectivity index (χ0) is 7.72. The fourth-order valence-electron chi connectivity index (χ4n) is 1.15. The molecule has 0 atom stereocenters. The van der Waals surface area contributed by atoms with Crippen molar-refractivity contribution >= 4 is 0 Å². The Morgan fingerprint density at radius 1 is 1.09 bits per heavy atom. The van der Waals surface area contributed by atoms with Crippen LogP contribution in [-0.2, 0) is 21.1 Å². The van der Waals surface area contributed by atoms with E-state index in [1.807, 2.05) is 0 Å². The Balaban J connectivity index is 0.000001000. The van der Waals surface area contributed by atoms with Crippen molar-refractivity contribution in [3.63, 3.8) is 0 Å². The largest absolute Gasteiger partial charge is 0.177 e. The van der Waals surface area contributed by atoms with Crippen LogP contribution in [0.3, 0.4) is 0 Å². The third kappa shape index (κ3) is 2.45. The number of hydrogen-bond donors (Lipinski definition) is 0. The monoisotopic (exact) mass is 317 g/mol. The van der Waals surface area contributed by atoms with Crippen molar-refractivity contribution in [2.45, 2.75) is 27.7 Å². The van der Waals surface area contributed by atoms with Crippen LogP contribution in [0.5, 0.6) is 0 Å². The molecule has 11 heavy (non-hydrogen) atoms. The van der Waals surface area contributed by atoms with E-state index < -0.39 is 0 Å². The molecule has 0 aromatic heterocycles. The summed E-state index contributed by atoms with van der Waals surface area (Å²) < 4.78 is 0. The van der Waals surface area contributed by atoms with Gasteiger partial charge in [0, 0.05) is 21.1 Å². The Morgan fingerprint density at radius 2 is 1.64 bits per heavy atom. The summed E-state index contributed by atoms with van der Waals surface area (Å²) >= 11 is 0. The van der Waals surface area contributed by atoms with E-state index in [9.17, 15) is 0 Å². The van der Waals surface area contributed by atoms with Gasteiger partial charge in [-0.15, -0.1) is 0 Å². The molecule has 0 aliphatic rings. The van der Waals surface area contributed by atoms with E-state index in [0.29, 0.717) is 0 Å². The maximum Gasteiger partial charge on any atom is 0 e. The van der Waals surface area contributed by atoms with E-state index in [-0.39, 0.29) is 21.1 Å². The molecule has 1 heteroatoms. The van der Waals surface area contributed by atoms with Crippen LogP contribution >= 0.6 is 0 Å². The molecule has 0 bridgehead atoms. The molecule has 0 amide bonds. The van der Waals surface area contributed by atoms with Crippen LogP contribution in [0.1, 0.15) is 22.3 Å². The predicted octanol–water partition coefficient (Wildman–Crippen LogP) is 2.72. The molecule has 0 N–H and O–H groups in total. The first-order valence-corrected chi connectivity index (χ1v) is 3.58. The number of benzene rings is 1. The zero-order valence-electron chi connectivity index (χ0n) is 7.49. The van der Waals surface area contributed by atoms with Crippen LogP contribution in [0.4, 0.5) is 0 Å². The van der Waals surface area contributed by atoms with Gasteiger partial charge in [-0.25, -0.2) is 0 Å². The summed E-state index contributed by atoms with van der Waals surface area (Å²) in [6, 6.07) is 5.45. The Hall–Kier alpha value is -0.0917. The summed E-state index contributed by atoms with van der Waals surface area (Å²) in [6.45, 7) is 8.47. The molecule has 1 aromatic carbocycles. The standard InChI is InChI=1S/C10H13.W/c1-7-5-8(2)10(4)9(3)6-7;/h5H,1-4H3;/q-1;. The Labute approximate surface area is 83.3 Å². The second-order valence-electron chi connectivity index (χ2n) is 2.89. The van der Waals surface area contributed by atoms with Gasteiger partial charge >= 0.3 is 0 Å². The van der Waals surface area contributed by atoms with Crippen molar-refractivity contribution in [2.75, 3.05) is 0 Å². The van der Waals surface area contributed by atoms with Gasteiger partial charge in [0.25, 0.3) is 0 Å². The van der Waals surface area contributed by atoms with E-state index in [1.165, 1.54) is 22.3 Å². The minimum atomic E-state index is 0. The molecule has 0 heterocycles. The van der Waals surface area contributed by atoms with Gasteiger partial charge in [0.1, 0.15) is 0 Å². The third-order valence-electron chi connectivity index (χ3n) is 1.97. The third-order valence-corrected chi connectivity index (χ3v) is 1.97. The summed E-state index contributed by atoms with van der Waals surface area (Å²) in [7, 11) is 0. The average molecular weight is 317 g/mol. The fraction of sp³-hybridized carbons (Fsp3) is 0.400. The topological polar surface area (TPSA) is 0 Å². The SMILES string of the molecule is Cc1[c-]c(C)c(C)c(C)c1.[W]. The molecule has 0 saturated carbocycles. The molecule has 0 nitrogen and oxygen atoms in total. The maximum atomic E-state index is 3.28. The van der Waals surface area contributed by atoms with Gasteiger partial charge < -0.3 is 0 Å². The molecule has 60 valence electrons. The first-order valence-electron chi connectivity index (χ1n) is 3.58. The predicted molar refractivity (Wildman–Crippen MR) is 44.2 cm³/mol. The van der Waals surface area contributed by atoms with Crippen molar-refractivity contribution in [1.82, 2.24) is 0 Å². The zero-order valence-corrected chi connectivity index (χ0v) is 10.4. The molecule has 0 saturated heterocycles. The van der Waals surface area contributed by atoms with Crippen LogP contribution in [0.2, 0.25) is 0 Å². The summed E-state index contributed by atoms with van der Waals surface area (Å²) in [6.07, 6.45) is 0. The minimum Gasteiger partial charge on any atom is -0.177 e. The number of aryl methyl sites for hydroxylation is 3. The van der Waals surface area contributed by atoms with Crippen LogP contribution in [0, 0.1) is 33.8 Å². The Bertz CT molecular complexity index is 228. The summed E-state index contributed by atoms with van der Waals surface area (Å²) in [5.41, 5.74) is 5.25. The Morgan fingerprint density at radius 3 is 2.09 bits per heavy atom. The smallest absolute Gasteiger partial charge is 0 e. The van der Waals surface area contributed by atoms with E-state index in [2.05, 4.69) is 39.8 Å².